The maximum Gasteiger partial charge on any atom is 0.252 e. The first-order valence-electron chi connectivity index (χ1n) is 6.40. The van der Waals surface area contributed by atoms with E-state index < -0.39 is 11.9 Å². The molecule has 1 rings (SSSR count). The van der Waals surface area contributed by atoms with Gasteiger partial charge in [-0.3, -0.25) is 9.59 Å². The summed E-state index contributed by atoms with van der Waals surface area (Å²) in [5, 5.41) is 5.82. The van der Waals surface area contributed by atoms with E-state index in [-0.39, 0.29) is 5.91 Å². The van der Waals surface area contributed by atoms with Gasteiger partial charge in [0.05, 0.1) is 0 Å². The number of primary amides is 1. The maximum absolute atomic E-state index is 12.0. The number of nitrogens with two attached hydrogens (primary N) is 1. The molecule has 5 heteroatoms. The third-order valence-electron chi connectivity index (χ3n) is 2.82. The Morgan fingerprint density at radius 1 is 1.37 bits per heavy atom. The highest BCUT2D eigenvalue weighted by Gasteiger charge is 2.15. The Kier molecular flexibility index (Phi) is 5.36. The highest BCUT2D eigenvalue weighted by atomic mass is 16.2. The first-order chi connectivity index (χ1) is 8.95. The predicted molar refractivity (Wildman–Crippen MR) is 76.1 cm³/mol. The van der Waals surface area contributed by atoms with Crippen LogP contribution in [0.4, 0.5) is 5.69 Å². The second kappa shape index (κ2) is 6.78. The molecule has 0 spiro atoms. The van der Waals surface area contributed by atoms with Crippen LogP contribution in [-0.4, -0.2) is 24.4 Å². The third kappa shape index (κ3) is 4.28. The summed E-state index contributed by atoms with van der Waals surface area (Å²) in [6.07, 6.45) is 1.04. The fourth-order valence-corrected chi connectivity index (χ4v) is 1.64. The zero-order chi connectivity index (χ0) is 14.4. The summed E-state index contributed by atoms with van der Waals surface area (Å²) in [6, 6.07) is 4.84. The van der Waals surface area contributed by atoms with Crippen LogP contribution in [0.2, 0.25) is 0 Å². The Hall–Kier alpha value is -2.04. The van der Waals surface area contributed by atoms with Crippen LogP contribution in [0.25, 0.3) is 0 Å². The molecule has 4 N–H and O–H groups in total. The number of aryl methyl sites for hydroxylation is 1. The smallest absolute Gasteiger partial charge is 0.252 e. The summed E-state index contributed by atoms with van der Waals surface area (Å²) in [5.74, 6) is -0.835. The minimum absolute atomic E-state index is 0.286. The van der Waals surface area contributed by atoms with Gasteiger partial charge in [-0.05, 0) is 44.0 Å². The molecule has 104 valence electrons. The van der Waals surface area contributed by atoms with E-state index in [2.05, 4.69) is 17.6 Å². The highest BCUT2D eigenvalue weighted by Crippen LogP contribution is 2.15. The molecule has 1 aromatic carbocycles. The number of hydrogen-bond donors (Lipinski definition) is 3. The van der Waals surface area contributed by atoms with Crippen LogP contribution in [0.15, 0.2) is 18.2 Å². The second-order valence-electron chi connectivity index (χ2n) is 4.55. The molecule has 0 radical (unpaired) electrons. The van der Waals surface area contributed by atoms with Gasteiger partial charge in [0, 0.05) is 17.8 Å². The Morgan fingerprint density at radius 3 is 2.58 bits per heavy atom. The molecular weight excluding hydrogens is 242 g/mol. The van der Waals surface area contributed by atoms with Gasteiger partial charge in [-0.1, -0.05) is 6.92 Å². The van der Waals surface area contributed by atoms with Crippen molar-refractivity contribution >= 4 is 17.5 Å². The monoisotopic (exact) mass is 263 g/mol. The topological polar surface area (TPSA) is 84.2 Å². The quantitative estimate of drug-likeness (QED) is 0.725. The lowest BCUT2D eigenvalue weighted by molar-refractivity contribution is -0.119. The lowest BCUT2D eigenvalue weighted by atomic mass is 10.1. The molecule has 1 atom stereocenters. The molecule has 0 aliphatic rings. The average Bonchev–Trinajstić information content (AvgIpc) is 2.35. The van der Waals surface area contributed by atoms with E-state index in [1.54, 1.807) is 13.0 Å². The zero-order valence-electron chi connectivity index (χ0n) is 11.6. The molecule has 0 aliphatic heterocycles. The van der Waals surface area contributed by atoms with Crippen molar-refractivity contribution < 1.29 is 9.59 Å². The molecule has 0 fully saturated rings. The van der Waals surface area contributed by atoms with Gasteiger partial charge in [0.1, 0.15) is 6.04 Å². The van der Waals surface area contributed by atoms with Gasteiger partial charge in [0.15, 0.2) is 0 Å². The molecule has 1 unspecified atom stereocenters. The van der Waals surface area contributed by atoms with Gasteiger partial charge in [-0.2, -0.15) is 0 Å². The summed E-state index contributed by atoms with van der Waals surface area (Å²) < 4.78 is 0. The van der Waals surface area contributed by atoms with Crippen LogP contribution in [0.3, 0.4) is 0 Å². The van der Waals surface area contributed by atoms with Crippen molar-refractivity contribution in [2.45, 2.75) is 33.2 Å². The minimum Gasteiger partial charge on any atom is -0.385 e. The summed E-state index contributed by atoms with van der Waals surface area (Å²) >= 11 is 0. The fourth-order valence-electron chi connectivity index (χ4n) is 1.64. The number of anilines is 1. The Labute approximate surface area is 113 Å². The van der Waals surface area contributed by atoms with Crippen LogP contribution in [0.1, 0.15) is 36.2 Å². The molecule has 0 saturated heterocycles. The van der Waals surface area contributed by atoms with Gasteiger partial charge >= 0.3 is 0 Å². The number of hydrogen-bond acceptors (Lipinski definition) is 3. The van der Waals surface area contributed by atoms with Crippen molar-refractivity contribution in [3.05, 3.63) is 29.3 Å². The van der Waals surface area contributed by atoms with E-state index in [4.69, 9.17) is 5.73 Å². The van der Waals surface area contributed by atoms with Gasteiger partial charge in [0.25, 0.3) is 5.91 Å². The molecule has 0 heterocycles. The second-order valence-corrected chi connectivity index (χ2v) is 4.55. The van der Waals surface area contributed by atoms with Crippen molar-refractivity contribution in [1.29, 1.82) is 0 Å². The van der Waals surface area contributed by atoms with Crippen molar-refractivity contribution in [3.63, 3.8) is 0 Å². The molecule has 1 aromatic rings. The van der Waals surface area contributed by atoms with E-state index in [9.17, 15) is 9.59 Å². The number of carbonyl (C=O) groups excluding carboxylic acids is 2. The highest BCUT2D eigenvalue weighted by molar-refractivity contribution is 5.98. The van der Waals surface area contributed by atoms with Crippen LogP contribution < -0.4 is 16.4 Å². The summed E-state index contributed by atoms with van der Waals surface area (Å²) in [6.45, 7) is 6.41. The standard InChI is InChI=1S/C14H21N3O2/c1-4-7-16-11-5-6-12(9(2)8-11)14(19)17-10(3)13(15)18/h5-6,8,10,16H,4,7H2,1-3H3,(H2,15,18)(H,17,19). The third-order valence-corrected chi connectivity index (χ3v) is 2.82. The Morgan fingerprint density at radius 2 is 2.05 bits per heavy atom. The normalized spacial score (nSPS) is 11.7. The minimum atomic E-state index is -0.676. The van der Waals surface area contributed by atoms with Crippen molar-refractivity contribution in [2.75, 3.05) is 11.9 Å². The zero-order valence-corrected chi connectivity index (χ0v) is 11.6. The van der Waals surface area contributed by atoms with Crippen LogP contribution >= 0.6 is 0 Å². The summed E-state index contributed by atoms with van der Waals surface area (Å²) in [7, 11) is 0. The van der Waals surface area contributed by atoms with Crippen molar-refractivity contribution in [2.24, 2.45) is 5.73 Å². The number of benzene rings is 1. The first-order valence-corrected chi connectivity index (χ1v) is 6.40. The van der Waals surface area contributed by atoms with Crippen molar-refractivity contribution in [3.8, 4) is 0 Å². The van der Waals surface area contributed by atoms with E-state index in [0.717, 1.165) is 24.2 Å². The SMILES string of the molecule is CCCNc1ccc(C(=O)NC(C)C(N)=O)c(C)c1. The van der Waals surface area contributed by atoms with E-state index in [0.29, 0.717) is 5.56 Å². The van der Waals surface area contributed by atoms with Crippen molar-refractivity contribution in [1.82, 2.24) is 5.32 Å². The van der Waals surface area contributed by atoms with Crippen LogP contribution in [0, 0.1) is 6.92 Å². The summed E-state index contributed by atoms with van der Waals surface area (Å²) in [5.41, 5.74) is 7.51. The lowest BCUT2D eigenvalue weighted by Gasteiger charge is -2.13. The fraction of sp³-hybridized carbons (Fsp3) is 0.429. The van der Waals surface area contributed by atoms with Gasteiger partial charge in [-0.25, -0.2) is 0 Å². The molecule has 2 amide bonds. The van der Waals surface area contributed by atoms with E-state index in [1.807, 2.05) is 19.1 Å². The van der Waals surface area contributed by atoms with Crippen LogP contribution in [0.5, 0.6) is 0 Å². The Bertz CT molecular complexity index is 472. The lowest BCUT2D eigenvalue weighted by Crippen LogP contribution is -2.42. The van der Waals surface area contributed by atoms with Gasteiger partial charge in [-0.15, -0.1) is 0 Å². The molecule has 19 heavy (non-hydrogen) atoms. The van der Waals surface area contributed by atoms with Gasteiger partial charge < -0.3 is 16.4 Å². The maximum atomic E-state index is 12.0. The molecule has 0 saturated carbocycles. The number of amides is 2. The molecule has 5 nitrogen and oxygen atoms in total. The van der Waals surface area contributed by atoms with E-state index in [1.165, 1.54) is 0 Å². The average molecular weight is 263 g/mol. The van der Waals surface area contributed by atoms with Gasteiger partial charge in [0.2, 0.25) is 5.91 Å². The first kappa shape index (κ1) is 15.0. The molecule has 0 aromatic heterocycles. The predicted octanol–water partition coefficient (Wildman–Crippen LogP) is 1.42. The number of rotatable bonds is 6. The Balaban J connectivity index is 2.78. The largest absolute Gasteiger partial charge is 0.385 e. The van der Waals surface area contributed by atoms with E-state index >= 15 is 0 Å². The molecule has 0 bridgehead atoms. The summed E-state index contributed by atoms with van der Waals surface area (Å²) in [4.78, 5) is 22.9. The molecular formula is C14H21N3O2. The number of carbonyl (C=O) groups is 2. The molecule has 0 aliphatic carbocycles. The van der Waals surface area contributed by atoms with Crippen LogP contribution in [-0.2, 0) is 4.79 Å². The number of nitrogens with one attached hydrogen (secondary N) is 2.